The molecule has 0 aliphatic rings. The third-order valence-corrected chi connectivity index (χ3v) is 5.11. The smallest absolute Gasteiger partial charge is 0.166 e. The number of nitrogens with one attached hydrogen (secondary N) is 1. The van der Waals surface area contributed by atoms with Crippen molar-refractivity contribution in [3.63, 3.8) is 0 Å². The van der Waals surface area contributed by atoms with Crippen LogP contribution in [0.15, 0.2) is 60.7 Å². The Balaban J connectivity index is 0.00000363. The molecule has 0 fully saturated rings. The molecule has 0 atom stereocenters. The van der Waals surface area contributed by atoms with Crippen molar-refractivity contribution in [2.75, 3.05) is 27.9 Å². The van der Waals surface area contributed by atoms with E-state index in [0.29, 0.717) is 29.7 Å². The van der Waals surface area contributed by atoms with Gasteiger partial charge in [-0.15, -0.1) is 12.4 Å². The van der Waals surface area contributed by atoms with Gasteiger partial charge in [-0.05, 0) is 42.3 Å². The van der Waals surface area contributed by atoms with Gasteiger partial charge in [0.2, 0.25) is 0 Å². The lowest BCUT2D eigenvalue weighted by atomic mass is 10.1. The van der Waals surface area contributed by atoms with E-state index >= 15 is 0 Å². The van der Waals surface area contributed by atoms with Gasteiger partial charge in [-0.1, -0.05) is 48.0 Å². The van der Waals surface area contributed by atoms with Crippen LogP contribution in [0.5, 0.6) is 23.0 Å². The molecule has 0 saturated carbocycles. The summed E-state index contributed by atoms with van der Waals surface area (Å²) >= 11 is 6.30. The monoisotopic (exact) mass is 477 g/mol. The van der Waals surface area contributed by atoms with Crippen LogP contribution in [-0.2, 0) is 19.6 Å². The highest BCUT2D eigenvalue weighted by Crippen LogP contribution is 2.35. The minimum Gasteiger partial charge on any atom is -0.493 e. The van der Waals surface area contributed by atoms with E-state index in [2.05, 4.69) is 5.32 Å². The van der Waals surface area contributed by atoms with Gasteiger partial charge in [0.05, 0.1) is 21.3 Å². The molecule has 0 heterocycles. The first-order chi connectivity index (χ1) is 15.1. The Labute approximate surface area is 201 Å². The van der Waals surface area contributed by atoms with Crippen LogP contribution in [0.1, 0.15) is 16.7 Å². The fraction of sp³-hybridized carbons (Fsp3) is 0.280. The quantitative estimate of drug-likeness (QED) is 0.359. The van der Waals surface area contributed by atoms with Crippen LogP contribution < -0.4 is 24.3 Å². The van der Waals surface area contributed by atoms with Crippen molar-refractivity contribution in [3.8, 4) is 23.0 Å². The maximum atomic E-state index is 6.30. The first kappa shape index (κ1) is 25.7. The lowest BCUT2D eigenvalue weighted by molar-refractivity contribution is 0.280. The van der Waals surface area contributed by atoms with E-state index in [1.165, 1.54) is 0 Å². The Morgan fingerprint density at radius 2 is 1.50 bits per heavy atom. The van der Waals surface area contributed by atoms with Crippen molar-refractivity contribution >= 4 is 24.0 Å². The second kappa shape index (κ2) is 13.1. The molecule has 0 radical (unpaired) electrons. The molecular weight excluding hydrogens is 449 g/mol. The molecule has 3 aromatic rings. The number of ether oxygens (including phenoxy) is 4. The number of hydrogen-bond donors (Lipinski definition) is 1. The van der Waals surface area contributed by atoms with Crippen LogP contribution in [0, 0.1) is 0 Å². The van der Waals surface area contributed by atoms with Gasteiger partial charge in [0.25, 0.3) is 0 Å². The summed E-state index contributed by atoms with van der Waals surface area (Å²) in [6, 6.07) is 19.7. The molecule has 3 aromatic carbocycles. The highest BCUT2D eigenvalue weighted by Gasteiger charge is 2.13. The molecule has 7 heteroatoms. The predicted molar refractivity (Wildman–Crippen MR) is 131 cm³/mol. The van der Waals surface area contributed by atoms with Gasteiger partial charge < -0.3 is 24.3 Å². The number of hydrogen-bond acceptors (Lipinski definition) is 5. The lowest BCUT2D eigenvalue weighted by Crippen LogP contribution is -2.17. The minimum absolute atomic E-state index is 0. The molecule has 5 nitrogen and oxygen atoms in total. The largest absolute Gasteiger partial charge is 0.493 e. The van der Waals surface area contributed by atoms with Gasteiger partial charge in [0.15, 0.2) is 23.0 Å². The Hall–Kier alpha value is -2.60. The molecule has 0 saturated heterocycles. The minimum atomic E-state index is 0. The first-order valence-corrected chi connectivity index (χ1v) is 10.5. The molecule has 0 aliphatic carbocycles. The summed E-state index contributed by atoms with van der Waals surface area (Å²) in [7, 11) is 4.90. The molecule has 172 valence electrons. The van der Waals surface area contributed by atoms with Crippen LogP contribution in [0.2, 0.25) is 5.02 Å². The van der Waals surface area contributed by atoms with E-state index in [0.717, 1.165) is 41.2 Å². The van der Waals surface area contributed by atoms with Crippen molar-refractivity contribution in [3.05, 3.63) is 82.4 Å². The second-order valence-corrected chi connectivity index (χ2v) is 7.42. The molecule has 0 aliphatic heterocycles. The topological polar surface area (TPSA) is 49.0 Å². The van der Waals surface area contributed by atoms with Crippen molar-refractivity contribution in [2.24, 2.45) is 0 Å². The van der Waals surface area contributed by atoms with E-state index < -0.39 is 0 Å². The molecule has 3 rings (SSSR count). The van der Waals surface area contributed by atoms with Crippen LogP contribution in [-0.4, -0.2) is 27.9 Å². The van der Waals surface area contributed by atoms with E-state index in [1.54, 1.807) is 27.4 Å². The van der Waals surface area contributed by atoms with Gasteiger partial charge in [0, 0.05) is 23.2 Å². The third kappa shape index (κ3) is 6.95. The Bertz CT molecular complexity index is 983. The molecule has 0 unspecified atom stereocenters. The van der Waals surface area contributed by atoms with Gasteiger partial charge in [-0.3, -0.25) is 0 Å². The molecule has 0 amide bonds. The maximum Gasteiger partial charge on any atom is 0.166 e. The van der Waals surface area contributed by atoms with Crippen LogP contribution in [0.25, 0.3) is 0 Å². The maximum absolute atomic E-state index is 6.30. The number of benzene rings is 3. The molecule has 0 aromatic heterocycles. The van der Waals surface area contributed by atoms with Crippen molar-refractivity contribution in [1.29, 1.82) is 0 Å². The van der Waals surface area contributed by atoms with Crippen molar-refractivity contribution in [2.45, 2.75) is 19.6 Å². The van der Waals surface area contributed by atoms with E-state index in [-0.39, 0.29) is 12.4 Å². The zero-order valence-corrected chi connectivity index (χ0v) is 20.1. The van der Waals surface area contributed by atoms with E-state index in [4.69, 9.17) is 30.5 Å². The fourth-order valence-electron chi connectivity index (χ4n) is 3.29. The summed E-state index contributed by atoms with van der Waals surface area (Å²) in [5, 5.41) is 4.08. The Morgan fingerprint density at radius 3 is 2.19 bits per heavy atom. The lowest BCUT2D eigenvalue weighted by Gasteiger charge is -2.16. The SMILES string of the molecule is COc1ccc(CCNCc2cc(Cl)cc(OC)c2OCc2ccccc2)cc1OC.Cl. The number of rotatable bonds is 11. The average molecular weight is 478 g/mol. The summed E-state index contributed by atoms with van der Waals surface area (Å²) in [5.41, 5.74) is 3.20. The fourth-order valence-corrected chi connectivity index (χ4v) is 3.52. The van der Waals surface area contributed by atoms with Gasteiger partial charge in [-0.2, -0.15) is 0 Å². The first-order valence-electron chi connectivity index (χ1n) is 10.1. The summed E-state index contributed by atoms with van der Waals surface area (Å²) in [4.78, 5) is 0. The van der Waals surface area contributed by atoms with Gasteiger partial charge in [0.1, 0.15) is 6.61 Å². The van der Waals surface area contributed by atoms with Gasteiger partial charge >= 0.3 is 0 Å². The van der Waals surface area contributed by atoms with E-state index in [1.807, 2.05) is 54.6 Å². The van der Waals surface area contributed by atoms with Crippen molar-refractivity contribution < 1.29 is 18.9 Å². The standard InChI is InChI=1S/C25H28ClNO4.ClH/c1-28-22-10-9-18(13-23(22)29-2)11-12-27-16-20-14-21(26)15-24(30-3)25(20)31-17-19-7-5-4-6-8-19;/h4-10,13-15,27H,11-12,16-17H2,1-3H3;1H. The highest BCUT2D eigenvalue weighted by atomic mass is 35.5. The number of halogens is 2. The Kier molecular flexibility index (Phi) is 10.5. The normalized spacial score (nSPS) is 10.2. The number of methoxy groups -OCH3 is 3. The summed E-state index contributed by atoms with van der Waals surface area (Å²) in [6.07, 6.45) is 0.845. The molecule has 0 bridgehead atoms. The summed E-state index contributed by atoms with van der Waals surface area (Å²) in [6.45, 7) is 1.84. The molecule has 1 N–H and O–H groups in total. The summed E-state index contributed by atoms with van der Waals surface area (Å²) in [5.74, 6) is 2.79. The Morgan fingerprint density at radius 1 is 0.781 bits per heavy atom. The second-order valence-electron chi connectivity index (χ2n) is 6.99. The molecular formula is C25H29Cl2NO4. The van der Waals surface area contributed by atoms with Gasteiger partial charge in [-0.25, -0.2) is 0 Å². The molecule has 0 spiro atoms. The molecule has 32 heavy (non-hydrogen) atoms. The average Bonchev–Trinajstić information content (AvgIpc) is 2.81. The zero-order chi connectivity index (χ0) is 22.1. The highest BCUT2D eigenvalue weighted by molar-refractivity contribution is 6.30. The summed E-state index contributed by atoms with van der Waals surface area (Å²) < 4.78 is 22.3. The van der Waals surface area contributed by atoms with Crippen LogP contribution >= 0.6 is 24.0 Å². The zero-order valence-electron chi connectivity index (χ0n) is 18.5. The third-order valence-electron chi connectivity index (χ3n) is 4.90. The van der Waals surface area contributed by atoms with Crippen LogP contribution in [0.3, 0.4) is 0 Å². The van der Waals surface area contributed by atoms with E-state index in [9.17, 15) is 0 Å². The van der Waals surface area contributed by atoms with Crippen molar-refractivity contribution in [1.82, 2.24) is 5.32 Å². The van der Waals surface area contributed by atoms with Crippen LogP contribution in [0.4, 0.5) is 0 Å². The predicted octanol–water partition coefficient (Wildman–Crippen LogP) is 5.70.